The van der Waals surface area contributed by atoms with Crippen LogP contribution in [-0.4, -0.2) is 15.5 Å². The van der Waals surface area contributed by atoms with E-state index in [1.54, 1.807) is 25.3 Å². The van der Waals surface area contributed by atoms with Gasteiger partial charge in [0.2, 0.25) is 9.05 Å². The fourth-order valence-corrected chi connectivity index (χ4v) is 2.23. The molecule has 5 heteroatoms. The lowest BCUT2D eigenvalue weighted by atomic mass is 10.1. The van der Waals surface area contributed by atoms with E-state index < -0.39 is 9.05 Å². The van der Waals surface area contributed by atoms with Crippen LogP contribution < -0.4 is 0 Å². The Hall–Kier alpha value is -0.580. The van der Waals surface area contributed by atoms with Gasteiger partial charge in [0.05, 0.1) is 11.9 Å². The largest absolute Gasteiger partial charge is 0.377 e. The van der Waals surface area contributed by atoms with Crippen LogP contribution in [0.2, 0.25) is 0 Å². The summed E-state index contributed by atoms with van der Waals surface area (Å²) in [5, 5.41) is 0. The summed E-state index contributed by atoms with van der Waals surface area (Å²) >= 11 is 0. The van der Waals surface area contributed by atoms with Crippen LogP contribution in [0.1, 0.15) is 24.2 Å². The van der Waals surface area contributed by atoms with Crippen molar-refractivity contribution < 1.29 is 13.2 Å². The molecule has 0 aliphatic heterocycles. The van der Waals surface area contributed by atoms with Gasteiger partial charge in [-0.25, -0.2) is 8.42 Å². The normalized spacial score (nSPS) is 13.8. The van der Waals surface area contributed by atoms with Crippen LogP contribution >= 0.6 is 10.7 Å². The van der Waals surface area contributed by atoms with Gasteiger partial charge >= 0.3 is 0 Å². The zero-order valence-corrected chi connectivity index (χ0v) is 10.2. The van der Waals surface area contributed by atoms with Crippen molar-refractivity contribution in [3.05, 3.63) is 35.4 Å². The number of ether oxygens (including phenoxy) is 1. The lowest BCUT2D eigenvalue weighted by molar-refractivity contribution is 0.119. The lowest BCUT2D eigenvalue weighted by Gasteiger charge is -2.10. The molecule has 3 nitrogen and oxygen atoms in total. The minimum atomic E-state index is -3.49. The van der Waals surface area contributed by atoms with Crippen molar-refractivity contribution in [1.29, 1.82) is 0 Å². The quantitative estimate of drug-likeness (QED) is 0.769. The summed E-state index contributed by atoms with van der Waals surface area (Å²) in [7, 11) is 3.29. The van der Waals surface area contributed by atoms with Gasteiger partial charge in [0, 0.05) is 17.8 Å². The number of halogens is 1. The van der Waals surface area contributed by atoms with Crippen molar-refractivity contribution >= 4 is 19.7 Å². The monoisotopic (exact) mass is 248 g/mol. The summed E-state index contributed by atoms with van der Waals surface area (Å²) in [6.45, 7) is 1.90. The second-order valence-corrected chi connectivity index (χ2v) is 6.08. The first-order chi connectivity index (χ1) is 6.92. The van der Waals surface area contributed by atoms with E-state index in [0.29, 0.717) is 5.56 Å². The molecular weight excluding hydrogens is 236 g/mol. The van der Waals surface area contributed by atoms with Crippen LogP contribution in [0, 0.1) is 0 Å². The van der Waals surface area contributed by atoms with Crippen molar-refractivity contribution in [2.75, 3.05) is 7.11 Å². The fraction of sp³-hybridized carbons (Fsp3) is 0.400. The van der Waals surface area contributed by atoms with Gasteiger partial charge in [-0.05, 0) is 18.1 Å². The molecule has 0 amide bonds. The molecule has 1 unspecified atom stereocenters. The van der Waals surface area contributed by atoms with Crippen LogP contribution in [0.15, 0.2) is 24.3 Å². The maximum Gasteiger partial charge on any atom is 0.236 e. The Morgan fingerprint density at radius 1 is 1.47 bits per heavy atom. The van der Waals surface area contributed by atoms with Crippen molar-refractivity contribution in [3.8, 4) is 0 Å². The first-order valence-corrected chi connectivity index (χ1v) is 6.94. The lowest BCUT2D eigenvalue weighted by Crippen LogP contribution is -1.99. The summed E-state index contributed by atoms with van der Waals surface area (Å²) < 4.78 is 26.9. The number of benzene rings is 1. The Bertz CT molecular complexity index is 428. The molecule has 0 spiro atoms. The molecule has 0 aliphatic carbocycles. The molecule has 15 heavy (non-hydrogen) atoms. The van der Waals surface area contributed by atoms with E-state index in [0.717, 1.165) is 5.56 Å². The first kappa shape index (κ1) is 12.5. The maximum absolute atomic E-state index is 10.9. The highest BCUT2D eigenvalue weighted by Crippen LogP contribution is 2.18. The van der Waals surface area contributed by atoms with Crippen molar-refractivity contribution in [2.45, 2.75) is 18.8 Å². The Balaban J connectivity index is 2.93. The van der Waals surface area contributed by atoms with Crippen LogP contribution in [0.5, 0.6) is 0 Å². The molecule has 0 radical (unpaired) electrons. The van der Waals surface area contributed by atoms with Gasteiger partial charge in [-0.15, -0.1) is 0 Å². The Morgan fingerprint density at radius 3 is 2.67 bits per heavy atom. The van der Waals surface area contributed by atoms with Gasteiger partial charge in [-0.2, -0.15) is 0 Å². The van der Waals surface area contributed by atoms with Crippen LogP contribution in [0.4, 0.5) is 0 Å². The molecular formula is C10H13ClO3S. The van der Waals surface area contributed by atoms with Crippen LogP contribution in [-0.2, 0) is 19.5 Å². The van der Waals surface area contributed by atoms with Gasteiger partial charge in [-0.1, -0.05) is 24.3 Å². The summed E-state index contributed by atoms with van der Waals surface area (Å²) in [5.74, 6) is -0.154. The zero-order chi connectivity index (χ0) is 11.5. The van der Waals surface area contributed by atoms with E-state index >= 15 is 0 Å². The van der Waals surface area contributed by atoms with Gasteiger partial charge in [0.1, 0.15) is 0 Å². The molecule has 0 fully saturated rings. The van der Waals surface area contributed by atoms with Crippen LogP contribution in [0.3, 0.4) is 0 Å². The van der Waals surface area contributed by atoms with Gasteiger partial charge in [0.25, 0.3) is 0 Å². The SMILES string of the molecule is COC(C)c1cccc(CS(=O)(=O)Cl)c1. The summed E-state index contributed by atoms with van der Waals surface area (Å²) in [4.78, 5) is 0. The number of rotatable bonds is 4. The third-order valence-corrected chi connectivity index (χ3v) is 3.12. The molecule has 0 bridgehead atoms. The topological polar surface area (TPSA) is 43.4 Å². The van der Waals surface area contributed by atoms with Crippen molar-refractivity contribution in [1.82, 2.24) is 0 Å². The zero-order valence-electron chi connectivity index (χ0n) is 8.60. The summed E-state index contributed by atoms with van der Waals surface area (Å²) in [6.07, 6.45) is -0.0528. The third kappa shape index (κ3) is 4.20. The standard InChI is InChI=1S/C10H13ClO3S/c1-8(14-2)10-5-3-4-9(6-10)7-15(11,12)13/h3-6,8H,7H2,1-2H3. The first-order valence-electron chi connectivity index (χ1n) is 4.46. The summed E-state index contributed by atoms with van der Waals surface area (Å²) in [5.41, 5.74) is 1.61. The van der Waals surface area contributed by atoms with E-state index in [-0.39, 0.29) is 11.9 Å². The summed E-state index contributed by atoms with van der Waals surface area (Å²) in [6, 6.07) is 7.20. The van der Waals surface area contributed by atoms with E-state index in [9.17, 15) is 8.42 Å². The Morgan fingerprint density at radius 2 is 2.13 bits per heavy atom. The molecule has 0 heterocycles. The molecule has 0 N–H and O–H groups in total. The molecule has 1 aromatic rings. The molecule has 1 aromatic carbocycles. The van der Waals surface area contributed by atoms with Gasteiger partial charge in [-0.3, -0.25) is 0 Å². The van der Waals surface area contributed by atoms with E-state index in [1.807, 2.05) is 13.0 Å². The maximum atomic E-state index is 10.9. The minimum absolute atomic E-state index is 0.0528. The molecule has 0 saturated heterocycles. The molecule has 84 valence electrons. The highest BCUT2D eigenvalue weighted by molar-refractivity contribution is 8.13. The number of hydrogen-bond acceptors (Lipinski definition) is 3. The van der Waals surface area contributed by atoms with Crippen molar-refractivity contribution in [2.24, 2.45) is 0 Å². The van der Waals surface area contributed by atoms with Gasteiger partial charge in [0.15, 0.2) is 0 Å². The highest BCUT2D eigenvalue weighted by atomic mass is 35.7. The number of methoxy groups -OCH3 is 1. The number of hydrogen-bond donors (Lipinski definition) is 0. The van der Waals surface area contributed by atoms with E-state index in [1.165, 1.54) is 0 Å². The van der Waals surface area contributed by atoms with Crippen molar-refractivity contribution in [3.63, 3.8) is 0 Å². The average molecular weight is 249 g/mol. The van der Waals surface area contributed by atoms with Crippen LogP contribution in [0.25, 0.3) is 0 Å². The van der Waals surface area contributed by atoms with E-state index in [4.69, 9.17) is 15.4 Å². The molecule has 0 aliphatic rings. The highest BCUT2D eigenvalue weighted by Gasteiger charge is 2.09. The molecule has 0 saturated carbocycles. The van der Waals surface area contributed by atoms with E-state index in [2.05, 4.69) is 0 Å². The van der Waals surface area contributed by atoms with Gasteiger partial charge < -0.3 is 4.74 Å². The second-order valence-electron chi connectivity index (χ2n) is 3.31. The molecule has 1 rings (SSSR count). The smallest absolute Gasteiger partial charge is 0.236 e. The Kier molecular flexibility index (Phi) is 4.13. The minimum Gasteiger partial charge on any atom is -0.377 e. The Labute approximate surface area is 94.4 Å². The predicted octanol–water partition coefficient (Wildman–Crippen LogP) is 2.46. The third-order valence-electron chi connectivity index (χ3n) is 2.11. The molecule has 1 atom stereocenters. The molecule has 0 aromatic heterocycles. The fourth-order valence-electron chi connectivity index (χ4n) is 1.27. The predicted molar refractivity (Wildman–Crippen MR) is 60.3 cm³/mol. The average Bonchev–Trinajstić information content (AvgIpc) is 2.14. The second kappa shape index (κ2) is 4.96.